The van der Waals surface area contributed by atoms with E-state index in [0.717, 1.165) is 29.6 Å². The molecule has 0 unspecified atom stereocenters. The molecule has 0 aliphatic heterocycles. The van der Waals surface area contributed by atoms with Gasteiger partial charge < -0.3 is 9.47 Å². The van der Waals surface area contributed by atoms with Crippen molar-refractivity contribution >= 4 is 0 Å². The lowest BCUT2D eigenvalue weighted by Gasteiger charge is -2.12. The van der Waals surface area contributed by atoms with Gasteiger partial charge in [-0.3, -0.25) is 0 Å². The zero-order valence-electron chi connectivity index (χ0n) is 13.8. The summed E-state index contributed by atoms with van der Waals surface area (Å²) in [6.45, 7) is 7.18. The molecule has 118 valence electrons. The van der Waals surface area contributed by atoms with Crippen molar-refractivity contribution in [2.75, 3.05) is 6.61 Å². The van der Waals surface area contributed by atoms with Crippen molar-refractivity contribution < 1.29 is 9.47 Å². The molecule has 22 heavy (non-hydrogen) atoms. The summed E-state index contributed by atoms with van der Waals surface area (Å²) in [7, 11) is 0. The molecule has 0 saturated heterocycles. The number of benzene rings is 2. The molecule has 2 rings (SSSR count). The first-order chi connectivity index (χ1) is 10.7. The summed E-state index contributed by atoms with van der Waals surface area (Å²) in [5, 5.41) is 0. The Hall–Kier alpha value is -1.96. The van der Waals surface area contributed by atoms with Crippen molar-refractivity contribution in [1.82, 2.24) is 0 Å². The summed E-state index contributed by atoms with van der Waals surface area (Å²) >= 11 is 0. The molecule has 2 nitrogen and oxygen atoms in total. The summed E-state index contributed by atoms with van der Waals surface area (Å²) in [6, 6.07) is 16.2. The van der Waals surface area contributed by atoms with E-state index in [1.54, 1.807) is 0 Å². The lowest BCUT2D eigenvalue weighted by Crippen LogP contribution is -2.01. The van der Waals surface area contributed by atoms with E-state index >= 15 is 0 Å². The zero-order valence-corrected chi connectivity index (χ0v) is 13.8. The van der Waals surface area contributed by atoms with Gasteiger partial charge in [0.2, 0.25) is 0 Å². The van der Waals surface area contributed by atoms with Crippen molar-refractivity contribution in [2.45, 2.75) is 40.0 Å². The summed E-state index contributed by atoms with van der Waals surface area (Å²) in [6.07, 6.45) is 3.62. The maximum absolute atomic E-state index is 5.87. The van der Waals surface area contributed by atoms with Gasteiger partial charge in [0, 0.05) is 0 Å². The maximum Gasteiger partial charge on any atom is 0.127 e. The Morgan fingerprint density at radius 1 is 0.727 bits per heavy atom. The minimum Gasteiger partial charge on any atom is -0.494 e. The molecule has 0 saturated carbocycles. The smallest absolute Gasteiger partial charge is 0.127 e. The van der Waals surface area contributed by atoms with Crippen LogP contribution >= 0.6 is 0 Å². The Kier molecular flexibility index (Phi) is 6.32. The topological polar surface area (TPSA) is 18.5 Å². The Bertz CT molecular complexity index is 539. The first kappa shape index (κ1) is 16.4. The fraction of sp³-hybridized carbons (Fsp3) is 0.400. The van der Waals surface area contributed by atoms with E-state index in [1.165, 1.54) is 18.4 Å². The third-order valence-electron chi connectivity index (χ3n) is 3.97. The summed E-state index contributed by atoms with van der Waals surface area (Å²) in [5.74, 6) is 3.35. The standard InChI is InChI=1S/C20H26O2/c1-4-16(5-2)15-17-7-9-19(10-8-17)22-20-13-11-18(12-14-20)21-6-3/h7-14,16H,4-6,15H2,1-3H3. The van der Waals surface area contributed by atoms with E-state index in [1.807, 2.05) is 43.3 Å². The van der Waals surface area contributed by atoms with E-state index in [2.05, 4.69) is 26.0 Å². The van der Waals surface area contributed by atoms with Crippen LogP contribution in [0.5, 0.6) is 17.2 Å². The molecule has 0 aromatic heterocycles. The second-order valence-corrected chi connectivity index (χ2v) is 5.54. The number of hydrogen-bond donors (Lipinski definition) is 0. The molecule has 0 N–H and O–H groups in total. The fourth-order valence-corrected chi connectivity index (χ4v) is 2.51. The molecular formula is C20H26O2. The van der Waals surface area contributed by atoms with Crippen molar-refractivity contribution in [1.29, 1.82) is 0 Å². The SMILES string of the molecule is CCOc1ccc(Oc2ccc(CC(CC)CC)cc2)cc1. The van der Waals surface area contributed by atoms with Crippen LogP contribution in [0.4, 0.5) is 0 Å². The van der Waals surface area contributed by atoms with Gasteiger partial charge in [0.1, 0.15) is 17.2 Å². The van der Waals surface area contributed by atoms with E-state index in [0.29, 0.717) is 6.61 Å². The highest BCUT2D eigenvalue weighted by atomic mass is 16.5. The number of hydrogen-bond acceptors (Lipinski definition) is 2. The lowest BCUT2D eigenvalue weighted by molar-refractivity contribution is 0.339. The second-order valence-electron chi connectivity index (χ2n) is 5.54. The van der Waals surface area contributed by atoms with Crippen LogP contribution < -0.4 is 9.47 Å². The highest BCUT2D eigenvalue weighted by molar-refractivity contribution is 5.36. The van der Waals surface area contributed by atoms with Gasteiger partial charge in [0.05, 0.1) is 6.61 Å². The van der Waals surface area contributed by atoms with Crippen molar-refractivity contribution in [3.63, 3.8) is 0 Å². The van der Waals surface area contributed by atoms with Crippen LogP contribution in [0.15, 0.2) is 48.5 Å². The Balaban J connectivity index is 1.95. The summed E-state index contributed by atoms with van der Waals surface area (Å²) in [5.41, 5.74) is 1.38. The highest BCUT2D eigenvalue weighted by Gasteiger charge is 2.05. The van der Waals surface area contributed by atoms with Crippen LogP contribution in [0.3, 0.4) is 0 Å². The molecule has 0 heterocycles. The van der Waals surface area contributed by atoms with Gasteiger partial charge in [-0.1, -0.05) is 38.8 Å². The van der Waals surface area contributed by atoms with Crippen molar-refractivity contribution in [3.8, 4) is 17.2 Å². The Morgan fingerprint density at radius 3 is 1.73 bits per heavy atom. The third kappa shape index (κ3) is 4.80. The van der Waals surface area contributed by atoms with Crippen LogP contribution in [0, 0.1) is 5.92 Å². The van der Waals surface area contributed by atoms with Gasteiger partial charge in [0.15, 0.2) is 0 Å². The minimum absolute atomic E-state index is 0.679. The average molecular weight is 298 g/mol. The molecule has 0 aliphatic carbocycles. The molecule has 2 aromatic carbocycles. The first-order valence-electron chi connectivity index (χ1n) is 8.24. The highest BCUT2D eigenvalue weighted by Crippen LogP contribution is 2.25. The molecule has 0 bridgehead atoms. The average Bonchev–Trinajstić information content (AvgIpc) is 2.56. The Morgan fingerprint density at radius 2 is 1.23 bits per heavy atom. The predicted molar refractivity (Wildman–Crippen MR) is 91.9 cm³/mol. The molecule has 0 fully saturated rings. The van der Waals surface area contributed by atoms with Crippen LogP contribution in [0.25, 0.3) is 0 Å². The zero-order chi connectivity index (χ0) is 15.8. The van der Waals surface area contributed by atoms with E-state index in [-0.39, 0.29) is 0 Å². The molecule has 0 amide bonds. The lowest BCUT2D eigenvalue weighted by atomic mass is 9.95. The molecule has 2 heteroatoms. The predicted octanol–water partition coefficient (Wildman–Crippen LogP) is 5.86. The van der Waals surface area contributed by atoms with Gasteiger partial charge >= 0.3 is 0 Å². The van der Waals surface area contributed by atoms with Crippen LogP contribution in [0.2, 0.25) is 0 Å². The minimum atomic E-state index is 0.679. The van der Waals surface area contributed by atoms with E-state index in [4.69, 9.17) is 9.47 Å². The van der Waals surface area contributed by atoms with E-state index in [9.17, 15) is 0 Å². The number of ether oxygens (including phenoxy) is 2. The third-order valence-corrected chi connectivity index (χ3v) is 3.97. The van der Waals surface area contributed by atoms with E-state index < -0.39 is 0 Å². The Labute approximate surface area is 134 Å². The van der Waals surface area contributed by atoms with Gasteiger partial charge in [-0.05, 0) is 61.2 Å². The second kappa shape index (κ2) is 8.47. The summed E-state index contributed by atoms with van der Waals surface area (Å²) < 4.78 is 11.3. The van der Waals surface area contributed by atoms with Crippen LogP contribution in [-0.4, -0.2) is 6.61 Å². The van der Waals surface area contributed by atoms with Crippen LogP contribution in [0.1, 0.15) is 39.2 Å². The maximum atomic E-state index is 5.87. The van der Waals surface area contributed by atoms with Crippen LogP contribution in [-0.2, 0) is 6.42 Å². The molecule has 0 radical (unpaired) electrons. The molecule has 0 aliphatic rings. The number of rotatable bonds is 8. The largest absolute Gasteiger partial charge is 0.494 e. The van der Waals surface area contributed by atoms with Gasteiger partial charge in [-0.15, -0.1) is 0 Å². The van der Waals surface area contributed by atoms with Gasteiger partial charge in [0.25, 0.3) is 0 Å². The first-order valence-corrected chi connectivity index (χ1v) is 8.24. The monoisotopic (exact) mass is 298 g/mol. The molecule has 0 atom stereocenters. The van der Waals surface area contributed by atoms with Gasteiger partial charge in [-0.2, -0.15) is 0 Å². The van der Waals surface area contributed by atoms with Crippen molar-refractivity contribution in [3.05, 3.63) is 54.1 Å². The van der Waals surface area contributed by atoms with Crippen molar-refractivity contribution in [2.24, 2.45) is 5.92 Å². The fourth-order valence-electron chi connectivity index (χ4n) is 2.51. The normalized spacial score (nSPS) is 10.7. The van der Waals surface area contributed by atoms with Gasteiger partial charge in [-0.25, -0.2) is 0 Å². The molecule has 0 spiro atoms. The molecule has 2 aromatic rings. The summed E-state index contributed by atoms with van der Waals surface area (Å²) in [4.78, 5) is 0. The molecular weight excluding hydrogens is 272 g/mol. The quantitative estimate of drug-likeness (QED) is 0.608.